The molecule has 0 radical (unpaired) electrons. The fraction of sp³-hybridized carbons (Fsp3) is 0.529. The van der Waals surface area contributed by atoms with Crippen molar-refractivity contribution in [1.29, 1.82) is 0 Å². The highest BCUT2D eigenvalue weighted by atomic mass is 16.2. The summed E-state index contributed by atoms with van der Waals surface area (Å²) >= 11 is 0. The lowest BCUT2D eigenvalue weighted by atomic mass is 9.95. The van der Waals surface area contributed by atoms with Crippen LogP contribution in [0.15, 0.2) is 18.2 Å². The summed E-state index contributed by atoms with van der Waals surface area (Å²) in [6.07, 6.45) is 1.99. The number of likely N-dealkylation sites (tertiary alicyclic amines) is 1. The van der Waals surface area contributed by atoms with Gasteiger partial charge in [-0.05, 0) is 37.5 Å². The largest absolute Gasteiger partial charge is 0.342 e. The lowest BCUT2D eigenvalue weighted by Gasteiger charge is -2.32. The Kier molecular flexibility index (Phi) is 3.70. The van der Waals surface area contributed by atoms with Crippen LogP contribution in [0.3, 0.4) is 0 Å². The van der Waals surface area contributed by atoms with Crippen molar-refractivity contribution in [2.24, 2.45) is 5.92 Å². The number of hydrogen-bond donors (Lipinski definition) is 1. The highest BCUT2D eigenvalue weighted by Crippen LogP contribution is 2.28. The molecule has 1 aliphatic rings. The van der Waals surface area contributed by atoms with Gasteiger partial charge in [0, 0.05) is 24.9 Å². The Morgan fingerprint density at radius 2 is 2.05 bits per heavy atom. The van der Waals surface area contributed by atoms with E-state index < -0.39 is 0 Å². The van der Waals surface area contributed by atoms with Crippen LogP contribution in [-0.4, -0.2) is 33.9 Å². The summed E-state index contributed by atoms with van der Waals surface area (Å²) in [5.74, 6) is 1.88. The van der Waals surface area contributed by atoms with Crippen LogP contribution in [0, 0.1) is 12.8 Å². The molecule has 1 N–H and O–H groups in total. The number of aryl methyl sites for hydroxylation is 1. The molecular weight excluding hydrogens is 262 g/mol. The SMILES string of the molecule is Cc1ccc2nc(C3CCN(C(=O)C(C)C)CC3)[nH]c2c1. The molecule has 0 spiro atoms. The highest BCUT2D eigenvalue weighted by Gasteiger charge is 2.26. The van der Waals surface area contributed by atoms with E-state index in [0.717, 1.165) is 42.8 Å². The third kappa shape index (κ3) is 2.80. The number of carbonyl (C=O) groups is 1. The van der Waals surface area contributed by atoms with E-state index in [0.29, 0.717) is 5.92 Å². The smallest absolute Gasteiger partial charge is 0.225 e. The first-order valence-corrected chi connectivity index (χ1v) is 7.79. The fourth-order valence-electron chi connectivity index (χ4n) is 3.08. The predicted octanol–water partition coefficient (Wildman–Crippen LogP) is 3.23. The minimum Gasteiger partial charge on any atom is -0.342 e. The van der Waals surface area contributed by atoms with Crippen LogP contribution in [-0.2, 0) is 4.79 Å². The van der Waals surface area contributed by atoms with Crippen LogP contribution in [0.25, 0.3) is 11.0 Å². The molecule has 0 unspecified atom stereocenters. The molecule has 0 aliphatic carbocycles. The first-order chi connectivity index (χ1) is 10.0. The summed E-state index contributed by atoms with van der Waals surface area (Å²) in [5.41, 5.74) is 3.40. The van der Waals surface area contributed by atoms with Gasteiger partial charge in [-0.2, -0.15) is 0 Å². The summed E-state index contributed by atoms with van der Waals surface area (Å²) in [6.45, 7) is 7.72. The van der Waals surface area contributed by atoms with Gasteiger partial charge in [-0.3, -0.25) is 4.79 Å². The molecule has 1 aromatic carbocycles. The van der Waals surface area contributed by atoms with Crippen molar-refractivity contribution in [3.05, 3.63) is 29.6 Å². The van der Waals surface area contributed by atoms with Crippen molar-refractivity contribution in [1.82, 2.24) is 14.9 Å². The molecule has 4 nitrogen and oxygen atoms in total. The number of hydrogen-bond acceptors (Lipinski definition) is 2. The van der Waals surface area contributed by atoms with Gasteiger partial charge in [-0.15, -0.1) is 0 Å². The minimum absolute atomic E-state index is 0.0933. The second kappa shape index (κ2) is 5.51. The number of aromatic nitrogens is 2. The molecule has 0 bridgehead atoms. The molecule has 1 aliphatic heterocycles. The average molecular weight is 285 g/mol. The Labute approximate surface area is 125 Å². The zero-order chi connectivity index (χ0) is 15.0. The molecule has 0 atom stereocenters. The molecule has 1 amide bonds. The number of nitrogens with zero attached hydrogens (tertiary/aromatic N) is 2. The topological polar surface area (TPSA) is 49.0 Å². The molecule has 1 saturated heterocycles. The monoisotopic (exact) mass is 285 g/mol. The number of piperidine rings is 1. The Morgan fingerprint density at radius 1 is 1.33 bits per heavy atom. The van der Waals surface area contributed by atoms with Crippen LogP contribution >= 0.6 is 0 Å². The van der Waals surface area contributed by atoms with Gasteiger partial charge >= 0.3 is 0 Å². The number of H-pyrrole nitrogens is 1. The van der Waals surface area contributed by atoms with Crippen molar-refractivity contribution in [3.63, 3.8) is 0 Å². The number of carbonyl (C=O) groups excluding carboxylic acids is 1. The number of imidazole rings is 1. The van der Waals surface area contributed by atoms with E-state index in [-0.39, 0.29) is 11.8 Å². The van der Waals surface area contributed by atoms with E-state index in [1.807, 2.05) is 18.7 Å². The van der Waals surface area contributed by atoms with E-state index in [2.05, 4.69) is 30.1 Å². The molecular formula is C17H23N3O. The van der Waals surface area contributed by atoms with E-state index in [1.54, 1.807) is 0 Å². The lowest BCUT2D eigenvalue weighted by Crippen LogP contribution is -2.40. The molecule has 0 saturated carbocycles. The van der Waals surface area contributed by atoms with Gasteiger partial charge in [0.05, 0.1) is 11.0 Å². The van der Waals surface area contributed by atoms with Crippen molar-refractivity contribution in [3.8, 4) is 0 Å². The second-order valence-corrected chi connectivity index (χ2v) is 6.40. The zero-order valence-electron chi connectivity index (χ0n) is 13.0. The van der Waals surface area contributed by atoms with Crippen LogP contribution in [0.5, 0.6) is 0 Å². The van der Waals surface area contributed by atoms with Gasteiger partial charge < -0.3 is 9.88 Å². The van der Waals surface area contributed by atoms with Gasteiger partial charge in [-0.25, -0.2) is 4.98 Å². The van der Waals surface area contributed by atoms with Gasteiger partial charge in [0.2, 0.25) is 5.91 Å². The Hall–Kier alpha value is -1.84. The number of aromatic amines is 1. The first kappa shape index (κ1) is 14.1. The van der Waals surface area contributed by atoms with E-state index >= 15 is 0 Å². The number of fused-ring (bicyclic) bond motifs is 1. The number of benzene rings is 1. The highest BCUT2D eigenvalue weighted by molar-refractivity contribution is 5.78. The maximum absolute atomic E-state index is 12.0. The van der Waals surface area contributed by atoms with E-state index in [9.17, 15) is 4.79 Å². The standard InChI is InChI=1S/C17H23N3O/c1-11(2)17(21)20-8-6-13(7-9-20)16-18-14-5-4-12(3)10-15(14)19-16/h4-5,10-11,13H,6-9H2,1-3H3,(H,18,19). The molecule has 3 rings (SSSR count). The van der Waals surface area contributed by atoms with Crippen molar-refractivity contribution in [2.75, 3.05) is 13.1 Å². The van der Waals surface area contributed by atoms with E-state index in [4.69, 9.17) is 4.98 Å². The van der Waals surface area contributed by atoms with Crippen LogP contribution in [0.1, 0.15) is 44.0 Å². The molecule has 21 heavy (non-hydrogen) atoms. The van der Waals surface area contributed by atoms with Crippen molar-refractivity contribution < 1.29 is 4.79 Å². The zero-order valence-corrected chi connectivity index (χ0v) is 13.0. The lowest BCUT2D eigenvalue weighted by molar-refractivity contribution is -0.135. The Morgan fingerprint density at radius 3 is 2.71 bits per heavy atom. The first-order valence-electron chi connectivity index (χ1n) is 7.79. The molecule has 1 aromatic heterocycles. The number of rotatable bonds is 2. The number of nitrogens with one attached hydrogen (secondary N) is 1. The van der Waals surface area contributed by atoms with Gasteiger partial charge in [0.25, 0.3) is 0 Å². The molecule has 4 heteroatoms. The van der Waals surface area contributed by atoms with Crippen molar-refractivity contribution in [2.45, 2.75) is 39.5 Å². The van der Waals surface area contributed by atoms with Crippen LogP contribution in [0.4, 0.5) is 0 Å². The minimum atomic E-state index is 0.0933. The van der Waals surface area contributed by atoms with Crippen molar-refractivity contribution >= 4 is 16.9 Å². The van der Waals surface area contributed by atoms with Crippen LogP contribution < -0.4 is 0 Å². The molecule has 2 heterocycles. The van der Waals surface area contributed by atoms with Gasteiger partial charge in [-0.1, -0.05) is 19.9 Å². The van der Waals surface area contributed by atoms with Gasteiger partial charge in [0.1, 0.15) is 5.82 Å². The Bertz CT molecular complexity index is 651. The average Bonchev–Trinajstić information content (AvgIpc) is 2.89. The van der Waals surface area contributed by atoms with Crippen LogP contribution in [0.2, 0.25) is 0 Å². The fourth-order valence-corrected chi connectivity index (χ4v) is 3.08. The Balaban J connectivity index is 1.72. The normalized spacial score (nSPS) is 16.9. The second-order valence-electron chi connectivity index (χ2n) is 6.40. The predicted molar refractivity (Wildman–Crippen MR) is 84.2 cm³/mol. The maximum atomic E-state index is 12.0. The summed E-state index contributed by atoms with van der Waals surface area (Å²) in [5, 5.41) is 0. The third-order valence-electron chi connectivity index (χ3n) is 4.34. The third-order valence-corrected chi connectivity index (χ3v) is 4.34. The quantitative estimate of drug-likeness (QED) is 0.921. The number of amides is 1. The summed E-state index contributed by atoms with van der Waals surface area (Å²) in [6, 6.07) is 6.31. The van der Waals surface area contributed by atoms with Gasteiger partial charge in [0.15, 0.2) is 0 Å². The summed E-state index contributed by atoms with van der Waals surface area (Å²) in [4.78, 5) is 22.2. The molecule has 112 valence electrons. The molecule has 1 fully saturated rings. The maximum Gasteiger partial charge on any atom is 0.225 e. The summed E-state index contributed by atoms with van der Waals surface area (Å²) in [7, 11) is 0. The summed E-state index contributed by atoms with van der Waals surface area (Å²) < 4.78 is 0. The molecule has 2 aromatic rings. The van der Waals surface area contributed by atoms with E-state index in [1.165, 1.54) is 5.56 Å².